The molecule has 48 heavy (non-hydrogen) atoms. The molecular weight excluding hydrogens is 703 g/mol. The van der Waals surface area contributed by atoms with Gasteiger partial charge in [-0.2, -0.15) is 0 Å². The van der Waals surface area contributed by atoms with Gasteiger partial charge in [-0.25, -0.2) is 0 Å². The normalized spacial score (nSPS) is 16.9. The predicted molar refractivity (Wildman–Crippen MR) is 200 cm³/mol. The van der Waals surface area contributed by atoms with Crippen LogP contribution in [0.4, 0.5) is 0 Å². The van der Waals surface area contributed by atoms with Crippen LogP contribution in [0.15, 0.2) is 90.0 Å². The van der Waals surface area contributed by atoms with E-state index in [-0.39, 0.29) is 35.6 Å². The molecule has 4 aromatic carbocycles. The molecule has 0 nitrogen and oxygen atoms in total. The van der Waals surface area contributed by atoms with Gasteiger partial charge in [0.05, 0.1) is 0 Å². The zero-order valence-corrected chi connectivity index (χ0v) is 34.7. The number of allylic oxidation sites excluding steroid dienone is 2. The fourth-order valence-corrected chi connectivity index (χ4v) is 17.0. The minimum absolute atomic E-state index is 0. The standard InChI is InChI=1S/C22H25.C21H23.C2H4.2ClH.Zr/c1-15(2)18-13-17-7-6-8-20(21(17)14-18)16-9-11-19(12-10-16)22(3,4)5;1-14-12-19-15(2)6-11-18(20(19)13-14)16-7-9-17(10-8-16)21(3,4)5;1-2;;;/h6-15H,1-5H3;6-13H,1-5H3;1H,2H3;2*1H;/q;;;;;+2/p-2. The molecule has 0 fully saturated rings. The Hall–Kier alpha value is -2.31. The molecule has 0 saturated heterocycles. The van der Waals surface area contributed by atoms with Gasteiger partial charge in [-0.05, 0) is 0 Å². The summed E-state index contributed by atoms with van der Waals surface area (Å²) in [5.74, 6) is 0.517. The van der Waals surface area contributed by atoms with E-state index in [0.717, 1.165) is 0 Å². The molecule has 3 heteroatoms. The van der Waals surface area contributed by atoms with E-state index in [9.17, 15) is 0 Å². The molecule has 0 radical (unpaired) electrons. The summed E-state index contributed by atoms with van der Waals surface area (Å²) in [6.45, 7) is 25.7. The van der Waals surface area contributed by atoms with Crippen molar-refractivity contribution in [2.75, 3.05) is 0 Å². The van der Waals surface area contributed by atoms with Crippen molar-refractivity contribution in [3.8, 4) is 22.3 Å². The summed E-state index contributed by atoms with van der Waals surface area (Å²) < 4.78 is 3.80. The summed E-state index contributed by atoms with van der Waals surface area (Å²) in [6, 6.07) is 30.6. The fourth-order valence-electron chi connectivity index (χ4n) is 7.85. The summed E-state index contributed by atoms with van der Waals surface area (Å²) in [6.07, 6.45) is 5.14. The third-order valence-electron chi connectivity index (χ3n) is 10.5. The van der Waals surface area contributed by atoms with E-state index in [4.69, 9.17) is 0 Å². The van der Waals surface area contributed by atoms with Gasteiger partial charge in [-0.1, -0.05) is 0 Å². The van der Waals surface area contributed by atoms with Crippen LogP contribution >= 0.6 is 0 Å². The molecule has 6 rings (SSSR count). The number of aryl methyl sites for hydroxylation is 1. The maximum atomic E-state index is 2.71. The van der Waals surface area contributed by atoms with E-state index < -0.39 is 21.3 Å². The van der Waals surface area contributed by atoms with Gasteiger partial charge in [0.25, 0.3) is 0 Å². The molecule has 0 N–H and O–H groups in total. The molecule has 0 spiro atoms. The number of benzene rings is 4. The average Bonchev–Trinajstić information content (AvgIpc) is 3.56. The van der Waals surface area contributed by atoms with Gasteiger partial charge in [-0.15, -0.1) is 0 Å². The first-order valence-corrected chi connectivity index (χ1v) is 21.5. The van der Waals surface area contributed by atoms with Gasteiger partial charge < -0.3 is 24.8 Å². The Bertz CT molecular complexity index is 1890. The number of hydrogen-bond donors (Lipinski definition) is 0. The molecule has 0 saturated carbocycles. The van der Waals surface area contributed by atoms with E-state index >= 15 is 0 Å². The maximum Gasteiger partial charge on any atom is -1.00 e. The molecule has 0 amide bonds. The minimum atomic E-state index is -2.34. The van der Waals surface area contributed by atoms with Gasteiger partial charge in [0.1, 0.15) is 0 Å². The molecule has 2 unspecified atom stereocenters. The first-order valence-electron chi connectivity index (χ1n) is 17.2. The third-order valence-corrected chi connectivity index (χ3v) is 18.8. The van der Waals surface area contributed by atoms with E-state index in [0.29, 0.717) is 13.2 Å². The van der Waals surface area contributed by atoms with Crippen molar-refractivity contribution in [2.24, 2.45) is 5.92 Å². The summed E-state index contributed by atoms with van der Waals surface area (Å²) in [5, 5.41) is 0. The van der Waals surface area contributed by atoms with Crippen LogP contribution in [-0.2, 0) is 32.1 Å². The van der Waals surface area contributed by atoms with Crippen molar-refractivity contribution in [1.82, 2.24) is 0 Å². The molecule has 0 aromatic heterocycles. The second-order valence-electron chi connectivity index (χ2n) is 16.1. The molecule has 0 heterocycles. The van der Waals surface area contributed by atoms with Crippen molar-refractivity contribution in [1.29, 1.82) is 0 Å². The van der Waals surface area contributed by atoms with Crippen LogP contribution in [-0.4, -0.2) is 3.71 Å². The molecule has 250 valence electrons. The van der Waals surface area contributed by atoms with Crippen molar-refractivity contribution >= 4 is 15.9 Å². The monoisotopic (exact) mass is 752 g/mol. The van der Waals surface area contributed by atoms with Crippen molar-refractivity contribution in [3.05, 3.63) is 129 Å². The smallest absolute Gasteiger partial charge is 1.00 e. The largest absolute Gasteiger partial charge is 1.00 e. The second kappa shape index (κ2) is 14.5. The molecule has 0 bridgehead atoms. The number of hydrogen-bond acceptors (Lipinski definition) is 0. The zero-order valence-electron chi connectivity index (χ0n) is 30.7. The van der Waals surface area contributed by atoms with Gasteiger partial charge in [-0.3, -0.25) is 0 Å². The van der Waals surface area contributed by atoms with Crippen molar-refractivity contribution in [3.63, 3.8) is 0 Å². The van der Waals surface area contributed by atoms with Crippen LogP contribution in [0, 0.1) is 12.8 Å². The Morgan fingerprint density at radius 3 is 1.62 bits per heavy atom. The topological polar surface area (TPSA) is 0 Å². The van der Waals surface area contributed by atoms with Gasteiger partial charge in [0.15, 0.2) is 0 Å². The minimum Gasteiger partial charge on any atom is -1.00 e. The maximum absolute atomic E-state index is 2.71. The SMILES string of the molecule is C/[CH]=[Zr+2](/[CH]1C(C(C)C)=Cc2c(-c3ccc(C(C)(C)C)cc3)cccc21)[CH]1C(C)=Cc2c(-c3ccc(C(C)(C)C)cc3)ccc(C)c21.[Cl-].[Cl-]. The van der Waals surface area contributed by atoms with Crippen molar-refractivity contribution < 1.29 is 46.1 Å². The second-order valence-corrected chi connectivity index (χ2v) is 22.8. The van der Waals surface area contributed by atoms with E-state index in [1.165, 1.54) is 50.1 Å². The Morgan fingerprint density at radius 1 is 0.625 bits per heavy atom. The Labute approximate surface area is 311 Å². The zero-order chi connectivity index (χ0) is 33.1. The Balaban J connectivity index is 0.00000260. The average molecular weight is 755 g/mol. The van der Waals surface area contributed by atoms with Crippen LogP contribution in [0.5, 0.6) is 0 Å². The van der Waals surface area contributed by atoms with Gasteiger partial charge >= 0.3 is 288 Å². The molecular formula is C45H52Cl2Zr. The van der Waals surface area contributed by atoms with E-state index in [1.807, 2.05) is 0 Å². The third kappa shape index (κ3) is 7.00. The first-order chi connectivity index (χ1) is 21.7. The Morgan fingerprint density at radius 2 is 1.15 bits per heavy atom. The molecule has 2 atom stereocenters. The number of fused-ring (bicyclic) bond motifs is 2. The summed E-state index contributed by atoms with van der Waals surface area (Å²) in [4.78, 5) is 0. The quantitative estimate of drug-likeness (QED) is 0.215. The van der Waals surface area contributed by atoms with Gasteiger partial charge in [0, 0.05) is 0 Å². The van der Waals surface area contributed by atoms with Gasteiger partial charge in [0.2, 0.25) is 0 Å². The van der Waals surface area contributed by atoms with Crippen LogP contribution in [0.2, 0.25) is 0 Å². The van der Waals surface area contributed by atoms with Crippen molar-refractivity contribution in [2.45, 2.75) is 94.2 Å². The fraction of sp³-hybridized carbons (Fsp3) is 0.356. The van der Waals surface area contributed by atoms with Crippen LogP contribution in [0.1, 0.15) is 115 Å². The predicted octanol–water partition coefficient (Wildman–Crippen LogP) is 6.62. The molecule has 2 aliphatic carbocycles. The molecule has 4 aromatic rings. The van der Waals surface area contributed by atoms with Crippen LogP contribution in [0.3, 0.4) is 0 Å². The number of halogens is 2. The molecule has 0 aliphatic heterocycles. The number of rotatable bonds is 5. The van der Waals surface area contributed by atoms with Crippen LogP contribution < -0.4 is 24.8 Å². The molecule has 2 aliphatic rings. The summed E-state index contributed by atoms with van der Waals surface area (Å²) in [7, 11) is 0. The summed E-state index contributed by atoms with van der Waals surface area (Å²) >= 11 is -2.34. The first kappa shape index (κ1) is 38.5. The van der Waals surface area contributed by atoms with E-state index in [1.54, 1.807) is 22.3 Å². The summed E-state index contributed by atoms with van der Waals surface area (Å²) in [5.41, 5.74) is 19.3. The van der Waals surface area contributed by atoms with Crippen LogP contribution in [0.25, 0.3) is 34.4 Å². The Kier molecular flexibility index (Phi) is 11.6. The van der Waals surface area contributed by atoms with E-state index in [2.05, 4.69) is 171 Å².